The van der Waals surface area contributed by atoms with Gasteiger partial charge in [-0.05, 0) is 31.9 Å². The van der Waals surface area contributed by atoms with E-state index in [2.05, 4.69) is 10.6 Å². The summed E-state index contributed by atoms with van der Waals surface area (Å²) >= 11 is 0. The standard InChI is InChI=1S/C16H23N3O2/c1-3-17-15-7-5-4-6-14(15)16(21)19-10-8-13(9-11-19)18-12(2)20/h4-7,13,17H,3,8-11H2,1-2H3,(H,18,20). The highest BCUT2D eigenvalue weighted by Crippen LogP contribution is 2.20. The molecule has 2 amide bonds. The van der Waals surface area contributed by atoms with Crippen LogP contribution in [0.15, 0.2) is 24.3 Å². The molecule has 2 rings (SSSR count). The number of amides is 2. The highest BCUT2D eigenvalue weighted by atomic mass is 16.2. The van der Waals surface area contributed by atoms with Crippen molar-refractivity contribution >= 4 is 17.5 Å². The maximum atomic E-state index is 12.6. The fraction of sp³-hybridized carbons (Fsp3) is 0.500. The van der Waals surface area contributed by atoms with Crippen molar-refractivity contribution in [2.24, 2.45) is 0 Å². The summed E-state index contributed by atoms with van der Waals surface area (Å²) in [6.07, 6.45) is 1.63. The quantitative estimate of drug-likeness (QED) is 0.889. The van der Waals surface area contributed by atoms with Gasteiger partial charge in [0.15, 0.2) is 0 Å². The summed E-state index contributed by atoms with van der Waals surface area (Å²) in [6.45, 7) is 5.70. The van der Waals surface area contributed by atoms with Crippen LogP contribution in [-0.2, 0) is 4.79 Å². The molecule has 0 saturated carbocycles. The van der Waals surface area contributed by atoms with Gasteiger partial charge in [-0.3, -0.25) is 9.59 Å². The van der Waals surface area contributed by atoms with E-state index >= 15 is 0 Å². The molecule has 1 fully saturated rings. The first-order valence-electron chi connectivity index (χ1n) is 7.51. The number of nitrogens with one attached hydrogen (secondary N) is 2. The average molecular weight is 289 g/mol. The molecule has 0 radical (unpaired) electrons. The Kier molecular flexibility index (Phi) is 5.20. The van der Waals surface area contributed by atoms with Gasteiger partial charge in [-0.1, -0.05) is 12.1 Å². The van der Waals surface area contributed by atoms with Crippen LogP contribution in [0.1, 0.15) is 37.0 Å². The van der Waals surface area contributed by atoms with Crippen LogP contribution in [0, 0.1) is 0 Å². The van der Waals surface area contributed by atoms with Crippen molar-refractivity contribution in [2.45, 2.75) is 32.7 Å². The normalized spacial score (nSPS) is 15.6. The van der Waals surface area contributed by atoms with Crippen LogP contribution in [0.25, 0.3) is 0 Å². The smallest absolute Gasteiger partial charge is 0.255 e. The van der Waals surface area contributed by atoms with Crippen molar-refractivity contribution in [3.63, 3.8) is 0 Å². The molecule has 114 valence electrons. The molecule has 1 aliphatic heterocycles. The number of para-hydroxylation sites is 1. The van der Waals surface area contributed by atoms with E-state index in [0.29, 0.717) is 13.1 Å². The number of likely N-dealkylation sites (tertiary alicyclic amines) is 1. The van der Waals surface area contributed by atoms with Gasteiger partial charge >= 0.3 is 0 Å². The van der Waals surface area contributed by atoms with Crippen molar-refractivity contribution in [1.29, 1.82) is 0 Å². The van der Waals surface area contributed by atoms with Crippen LogP contribution in [-0.4, -0.2) is 42.4 Å². The Morgan fingerprint density at radius 3 is 2.52 bits per heavy atom. The molecule has 21 heavy (non-hydrogen) atoms. The van der Waals surface area contributed by atoms with Crippen LogP contribution in [0.5, 0.6) is 0 Å². The van der Waals surface area contributed by atoms with Crippen molar-refractivity contribution in [3.8, 4) is 0 Å². The van der Waals surface area contributed by atoms with Gasteiger partial charge in [0.2, 0.25) is 5.91 Å². The molecule has 1 aromatic carbocycles. The Morgan fingerprint density at radius 1 is 1.24 bits per heavy atom. The Labute approximate surface area is 125 Å². The van der Waals surface area contributed by atoms with E-state index in [0.717, 1.165) is 30.6 Å². The van der Waals surface area contributed by atoms with Crippen LogP contribution in [0.2, 0.25) is 0 Å². The third kappa shape index (κ3) is 3.97. The molecule has 5 nitrogen and oxygen atoms in total. The predicted molar refractivity (Wildman–Crippen MR) is 83.3 cm³/mol. The molecule has 0 unspecified atom stereocenters. The zero-order chi connectivity index (χ0) is 15.2. The minimum Gasteiger partial charge on any atom is -0.385 e. The van der Waals surface area contributed by atoms with Gasteiger partial charge < -0.3 is 15.5 Å². The van der Waals surface area contributed by atoms with E-state index in [-0.39, 0.29) is 17.9 Å². The third-order valence-corrected chi connectivity index (χ3v) is 3.71. The van der Waals surface area contributed by atoms with Gasteiger partial charge in [0.1, 0.15) is 0 Å². The second kappa shape index (κ2) is 7.11. The summed E-state index contributed by atoms with van der Waals surface area (Å²) in [5, 5.41) is 6.15. The van der Waals surface area contributed by atoms with E-state index in [1.807, 2.05) is 36.1 Å². The first-order chi connectivity index (χ1) is 10.1. The van der Waals surface area contributed by atoms with Crippen LogP contribution in [0.3, 0.4) is 0 Å². The monoisotopic (exact) mass is 289 g/mol. The van der Waals surface area contributed by atoms with E-state index in [1.165, 1.54) is 6.92 Å². The fourth-order valence-electron chi connectivity index (χ4n) is 2.70. The summed E-state index contributed by atoms with van der Waals surface area (Å²) in [4.78, 5) is 25.6. The van der Waals surface area contributed by atoms with Crippen LogP contribution in [0.4, 0.5) is 5.69 Å². The van der Waals surface area contributed by atoms with Crippen molar-refractivity contribution in [3.05, 3.63) is 29.8 Å². The third-order valence-electron chi connectivity index (χ3n) is 3.71. The Balaban J connectivity index is 2.00. The minimum absolute atomic E-state index is 0.00253. The molecule has 0 atom stereocenters. The lowest BCUT2D eigenvalue weighted by Gasteiger charge is -2.32. The maximum Gasteiger partial charge on any atom is 0.255 e. The highest BCUT2D eigenvalue weighted by Gasteiger charge is 2.25. The van der Waals surface area contributed by atoms with E-state index < -0.39 is 0 Å². The molecule has 0 aliphatic carbocycles. The zero-order valence-corrected chi connectivity index (χ0v) is 12.7. The number of piperidine rings is 1. The molecular weight excluding hydrogens is 266 g/mol. The number of rotatable bonds is 4. The summed E-state index contributed by atoms with van der Waals surface area (Å²) in [5.74, 6) is 0.0603. The van der Waals surface area contributed by atoms with Crippen molar-refractivity contribution < 1.29 is 9.59 Å². The number of benzene rings is 1. The predicted octanol–water partition coefficient (Wildman–Crippen LogP) is 1.86. The number of hydrogen-bond acceptors (Lipinski definition) is 3. The van der Waals surface area contributed by atoms with Gasteiger partial charge in [0.25, 0.3) is 5.91 Å². The Bertz CT molecular complexity index is 508. The Morgan fingerprint density at radius 2 is 1.90 bits per heavy atom. The highest BCUT2D eigenvalue weighted by molar-refractivity contribution is 5.99. The minimum atomic E-state index is -0.00253. The number of carbonyl (C=O) groups excluding carboxylic acids is 2. The molecule has 0 aromatic heterocycles. The van der Waals surface area contributed by atoms with E-state index in [9.17, 15) is 9.59 Å². The molecule has 1 saturated heterocycles. The summed E-state index contributed by atoms with van der Waals surface area (Å²) in [5.41, 5.74) is 1.60. The lowest BCUT2D eigenvalue weighted by atomic mass is 10.0. The first-order valence-corrected chi connectivity index (χ1v) is 7.51. The SMILES string of the molecule is CCNc1ccccc1C(=O)N1CCC(NC(C)=O)CC1. The van der Waals surface area contributed by atoms with E-state index in [4.69, 9.17) is 0 Å². The van der Waals surface area contributed by atoms with Crippen LogP contribution >= 0.6 is 0 Å². The van der Waals surface area contributed by atoms with Crippen molar-refractivity contribution in [1.82, 2.24) is 10.2 Å². The van der Waals surface area contributed by atoms with Gasteiger partial charge in [-0.2, -0.15) is 0 Å². The molecule has 0 bridgehead atoms. The molecule has 2 N–H and O–H groups in total. The molecule has 1 aliphatic rings. The lowest BCUT2D eigenvalue weighted by Crippen LogP contribution is -2.46. The number of hydrogen-bond donors (Lipinski definition) is 2. The second-order valence-corrected chi connectivity index (χ2v) is 5.34. The molecular formula is C16H23N3O2. The van der Waals surface area contributed by atoms with Gasteiger partial charge in [0, 0.05) is 38.3 Å². The molecule has 5 heteroatoms. The summed E-state index contributed by atoms with van der Waals surface area (Å²) < 4.78 is 0. The summed E-state index contributed by atoms with van der Waals surface area (Å²) in [6, 6.07) is 7.80. The largest absolute Gasteiger partial charge is 0.385 e. The topological polar surface area (TPSA) is 61.4 Å². The number of nitrogens with zero attached hydrogens (tertiary/aromatic N) is 1. The van der Waals surface area contributed by atoms with Crippen molar-refractivity contribution in [2.75, 3.05) is 25.0 Å². The van der Waals surface area contributed by atoms with Gasteiger partial charge in [-0.15, -0.1) is 0 Å². The Hall–Kier alpha value is -2.04. The number of anilines is 1. The van der Waals surface area contributed by atoms with Gasteiger partial charge in [0.05, 0.1) is 5.56 Å². The zero-order valence-electron chi connectivity index (χ0n) is 12.7. The van der Waals surface area contributed by atoms with E-state index in [1.54, 1.807) is 0 Å². The lowest BCUT2D eigenvalue weighted by molar-refractivity contribution is -0.119. The molecule has 0 spiro atoms. The maximum absolute atomic E-state index is 12.6. The van der Waals surface area contributed by atoms with Crippen LogP contribution < -0.4 is 10.6 Å². The number of carbonyl (C=O) groups is 2. The summed E-state index contributed by atoms with van der Waals surface area (Å²) in [7, 11) is 0. The van der Waals surface area contributed by atoms with Gasteiger partial charge in [-0.25, -0.2) is 0 Å². The first kappa shape index (κ1) is 15.4. The fourth-order valence-corrected chi connectivity index (χ4v) is 2.70. The average Bonchev–Trinajstić information content (AvgIpc) is 2.48. The second-order valence-electron chi connectivity index (χ2n) is 5.34. The molecule has 1 aromatic rings. The molecule has 1 heterocycles.